The molecule has 0 bridgehead atoms. The molecular weight excluding hydrogens is 299 g/mol. The van der Waals surface area contributed by atoms with Gasteiger partial charge in [-0.2, -0.15) is 26.9 Å². The number of hydrogen-bond acceptors (Lipinski definition) is 5. The number of fused-ring (bicyclic) bond motifs is 1. The number of benzene rings is 1. The topological polar surface area (TPSA) is 76.4 Å². The van der Waals surface area contributed by atoms with E-state index in [-0.39, 0.29) is 5.56 Å². The Labute approximate surface area is 112 Å². The fraction of sp³-hybridized carbons (Fsp3) is 0.364. The third kappa shape index (κ3) is 2.51. The van der Waals surface area contributed by atoms with Gasteiger partial charge in [-0.1, -0.05) is 0 Å². The van der Waals surface area contributed by atoms with E-state index in [0.717, 1.165) is 6.07 Å². The molecule has 0 saturated carbocycles. The molecule has 1 heterocycles. The number of rotatable bonds is 2. The molecule has 0 amide bonds. The second kappa shape index (κ2) is 4.86. The van der Waals surface area contributed by atoms with Crippen molar-refractivity contribution in [3.63, 3.8) is 0 Å². The van der Waals surface area contributed by atoms with Crippen LogP contribution in [-0.4, -0.2) is 20.5 Å². The number of ether oxygens (including phenoxy) is 1. The van der Waals surface area contributed by atoms with E-state index in [1.165, 1.54) is 6.07 Å². The Morgan fingerprint density at radius 3 is 2.65 bits per heavy atom. The maximum Gasteiger partial charge on any atom is 0.534 e. The third-order valence-corrected chi connectivity index (χ3v) is 3.62. The maximum absolute atomic E-state index is 12.3. The summed E-state index contributed by atoms with van der Waals surface area (Å²) in [5.41, 5.74) is -5.45. The number of halogens is 3. The van der Waals surface area contributed by atoms with Crippen molar-refractivity contribution in [3.05, 3.63) is 23.3 Å². The Kier molecular flexibility index (Phi) is 3.52. The van der Waals surface area contributed by atoms with Gasteiger partial charge in [0.2, 0.25) is 0 Å². The lowest BCUT2D eigenvalue weighted by molar-refractivity contribution is -0.0500. The lowest BCUT2D eigenvalue weighted by atomic mass is 10.00. The first-order valence-corrected chi connectivity index (χ1v) is 6.86. The largest absolute Gasteiger partial charge is 0.534 e. The molecule has 20 heavy (non-hydrogen) atoms. The van der Waals surface area contributed by atoms with Gasteiger partial charge in [0.05, 0.1) is 6.61 Å². The molecule has 1 aliphatic rings. The predicted molar refractivity (Wildman–Crippen MR) is 60.6 cm³/mol. The summed E-state index contributed by atoms with van der Waals surface area (Å²) in [6.07, 6.45) is 0.985. The first-order valence-electron chi connectivity index (χ1n) is 5.46. The first-order chi connectivity index (χ1) is 9.26. The minimum Gasteiger partial charge on any atom is -0.493 e. The molecule has 1 aliphatic heterocycles. The molecule has 0 atom stereocenters. The molecule has 0 unspecified atom stereocenters. The van der Waals surface area contributed by atoms with Gasteiger partial charge >= 0.3 is 15.6 Å². The average molecular weight is 307 g/mol. The first kappa shape index (κ1) is 14.5. The number of hydrogen-bond donors (Lipinski definition) is 0. The molecule has 0 saturated heterocycles. The summed E-state index contributed by atoms with van der Waals surface area (Å²) in [6, 6.07) is 3.93. The summed E-state index contributed by atoms with van der Waals surface area (Å²) in [5.74, 6) is -0.293. The SMILES string of the molecule is N#Cc1c(OS(=O)(=O)C(F)(F)F)ccc2c1CCCO2. The van der Waals surface area contributed by atoms with Crippen LogP contribution in [0, 0.1) is 11.3 Å². The fourth-order valence-electron chi connectivity index (χ4n) is 1.78. The van der Waals surface area contributed by atoms with Crippen molar-refractivity contribution in [1.29, 1.82) is 5.26 Å². The molecule has 0 aliphatic carbocycles. The Hall–Kier alpha value is -1.95. The fourth-order valence-corrected chi connectivity index (χ4v) is 2.25. The van der Waals surface area contributed by atoms with E-state index in [4.69, 9.17) is 10.00 Å². The van der Waals surface area contributed by atoms with Crippen LogP contribution in [0.25, 0.3) is 0 Å². The van der Waals surface area contributed by atoms with Crippen molar-refractivity contribution in [1.82, 2.24) is 0 Å². The minimum atomic E-state index is -5.80. The highest BCUT2D eigenvalue weighted by atomic mass is 32.2. The van der Waals surface area contributed by atoms with Crippen molar-refractivity contribution in [2.24, 2.45) is 0 Å². The summed E-state index contributed by atoms with van der Waals surface area (Å²) < 4.78 is 68.0. The maximum atomic E-state index is 12.3. The van der Waals surface area contributed by atoms with E-state index in [0.29, 0.717) is 30.8 Å². The van der Waals surface area contributed by atoms with Gasteiger partial charge in [-0.25, -0.2) is 0 Å². The van der Waals surface area contributed by atoms with Gasteiger partial charge in [0, 0.05) is 5.56 Å². The van der Waals surface area contributed by atoms with Crippen LogP contribution in [-0.2, 0) is 16.5 Å². The summed E-state index contributed by atoms with van der Waals surface area (Å²) in [7, 11) is -5.80. The summed E-state index contributed by atoms with van der Waals surface area (Å²) in [4.78, 5) is 0. The monoisotopic (exact) mass is 307 g/mol. The van der Waals surface area contributed by atoms with Gasteiger partial charge in [-0.05, 0) is 25.0 Å². The molecule has 108 valence electrons. The van der Waals surface area contributed by atoms with E-state index in [2.05, 4.69) is 4.18 Å². The second-order valence-electron chi connectivity index (χ2n) is 3.96. The number of nitrogens with zero attached hydrogens (tertiary/aromatic N) is 1. The molecule has 9 heteroatoms. The van der Waals surface area contributed by atoms with Crippen molar-refractivity contribution < 1.29 is 30.5 Å². The van der Waals surface area contributed by atoms with Crippen LogP contribution in [0.15, 0.2) is 12.1 Å². The van der Waals surface area contributed by atoms with Gasteiger partial charge in [-0.3, -0.25) is 0 Å². The van der Waals surface area contributed by atoms with Crippen molar-refractivity contribution in [2.45, 2.75) is 18.3 Å². The van der Waals surface area contributed by atoms with Crippen molar-refractivity contribution in [2.75, 3.05) is 6.61 Å². The zero-order chi connectivity index (χ0) is 15.0. The zero-order valence-corrected chi connectivity index (χ0v) is 10.7. The third-order valence-electron chi connectivity index (χ3n) is 2.66. The van der Waals surface area contributed by atoms with Crippen LogP contribution in [0.4, 0.5) is 13.2 Å². The number of alkyl halides is 3. The van der Waals surface area contributed by atoms with Gasteiger partial charge in [-0.15, -0.1) is 0 Å². The van der Waals surface area contributed by atoms with Crippen LogP contribution >= 0.6 is 0 Å². The van der Waals surface area contributed by atoms with Gasteiger partial charge in [0.25, 0.3) is 0 Å². The predicted octanol–water partition coefficient (Wildman–Crippen LogP) is 2.11. The van der Waals surface area contributed by atoms with Crippen molar-refractivity contribution >= 4 is 10.1 Å². The molecule has 0 fully saturated rings. The van der Waals surface area contributed by atoms with Crippen LogP contribution < -0.4 is 8.92 Å². The Balaban J connectivity index is 2.47. The van der Waals surface area contributed by atoms with E-state index < -0.39 is 21.4 Å². The van der Waals surface area contributed by atoms with Crippen LogP contribution in [0.3, 0.4) is 0 Å². The summed E-state index contributed by atoms with van der Waals surface area (Å²) in [6.45, 7) is 0.429. The smallest absolute Gasteiger partial charge is 0.493 e. The molecule has 5 nitrogen and oxygen atoms in total. The molecule has 0 spiro atoms. The molecule has 0 aromatic heterocycles. The van der Waals surface area contributed by atoms with E-state index in [1.54, 1.807) is 6.07 Å². The average Bonchev–Trinajstić information content (AvgIpc) is 2.36. The number of nitriles is 1. The standard InChI is InChI=1S/C11H8F3NO4S/c12-11(13,14)20(16,17)19-10-4-3-9-7(8(10)6-15)2-1-5-18-9/h3-4H,1-2,5H2. The summed E-state index contributed by atoms with van der Waals surface area (Å²) in [5, 5.41) is 9.01. The second-order valence-corrected chi connectivity index (χ2v) is 5.50. The molecule has 0 N–H and O–H groups in total. The lowest BCUT2D eigenvalue weighted by Gasteiger charge is -2.19. The molecule has 2 rings (SSSR count). The van der Waals surface area contributed by atoms with Gasteiger partial charge < -0.3 is 8.92 Å². The van der Waals surface area contributed by atoms with Crippen LogP contribution in [0.5, 0.6) is 11.5 Å². The van der Waals surface area contributed by atoms with Crippen LogP contribution in [0.2, 0.25) is 0 Å². The van der Waals surface area contributed by atoms with Gasteiger partial charge in [0.15, 0.2) is 5.75 Å². The van der Waals surface area contributed by atoms with E-state index in [9.17, 15) is 21.6 Å². The highest BCUT2D eigenvalue weighted by molar-refractivity contribution is 7.88. The van der Waals surface area contributed by atoms with Crippen molar-refractivity contribution in [3.8, 4) is 17.6 Å². The highest BCUT2D eigenvalue weighted by Crippen LogP contribution is 2.36. The normalized spacial score (nSPS) is 14.9. The zero-order valence-electron chi connectivity index (χ0n) is 9.90. The Bertz CT molecular complexity index is 676. The Morgan fingerprint density at radius 2 is 2.05 bits per heavy atom. The quantitative estimate of drug-likeness (QED) is 0.618. The molecule has 0 radical (unpaired) electrons. The highest BCUT2D eigenvalue weighted by Gasteiger charge is 2.49. The molecule has 1 aromatic rings. The van der Waals surface area contributed by atoms with E-state index >= 15 is 0 Å². The van der Waals surface area contributed by atoms with E-state index in [1.807, 2.05) is 0 Å². The van der Waals surface area contributed by atoms with Gasteiger partial charge in [0.1, 0.15) is 17.4 Å². The molecule has 1 aromatic carbocycles. The van der Waals surface area contributed by atoms with Crippen LogP contribution in [0.1, 0.15) is 17.5 Å². The molecular formula is C11H8F3NO4S. The summed E-state index contributed by atoms with van der Waals surface area (Å²) >= 11 is 0. The Morgan fingerprint density at radius 1 is 1.35 bits per heavy atom. The lowest BCUT2D eigenvalue weighted by Crippen LogP contribution is -2.28. The minimum absolute atomic E-state index is 0.255.